The van der Waals surface area contributed by atoms with Crippen LogP contribution >= 0.6 is 0 Å². The highest BCUT2D eigenvalue weighted by molar-refractivity contribution is 7.65. The van der Waals surface area contributed by atoms with Crippen molar-refractivity contribution in [2.75, 3.05) is 27.3 Å². The lowest BCUT2D eigenvalue weighted by Gasteiger charge is -2.15. The summed E-state index contributed by atoms with van der Waals surface area (Å²) in [5.74, 6) is 0. The summed E-state index contributed by atoms with van der Waals surface area (Å²) < 4.78 is 15.5. The standard InChI is InChI=1S/C11H16NO2S/c1-12(7-8-14-2)9-10-3-5-11(15-13)6-4-10/h3-6H,7-9H2,1-2H3/q+1. The number of likely N-dealkylation sites (N-methyl/N-ethyl adjacent to an activating group) is 1. The molecule has 1 aromatic carbocycles. The average molecular weight is 226 g/mol. The van der Waals surface area contributed by atoms with Crippen LogP contribution in [0.3, 0.4) is 0 Å². The van der Waals surface area contributed by atoms with Crippen molar-refractivity contribution in [3.8, 4) is 0 Å². The van der Waals surface area contributed by atoms with Crippen LogP contribution < -0.4 is 0 Å². The molecule has 0 radical (unpaired) electrons. The van der Waals surface area contributed by atoms with Gasteiger partial charge >= 0.3 is 11.7 Å². The minimum atomic E-state index is 0.527. The van der Waals surface area contributed by atoms with Gasteiger partial charge in [0.1, 0.15) is 0 Å². The van der Waals surface area contributed by atoms with Gasteiger partial charge in [0.15, 0.2) is 0 Å². The molecule has 0 amide bonds. The average Bonchev–Trinajstić information content (AvgIpc) is 2.27. The van der Waals surface area contributed by atoms with Crippen molar-refractivity contribution in [2.24, 2.45) is 0 Å². The van der Waals surface area contributed by atoms with Gasteiger partial charge < -0.3 is 4.74 Å². The van der Waals surface area contributed by atoms with E-state index < -0.39 is 0 Å². The molecule has 0 aromatic heterocycles. The summed E-state index contributed by atoms with van der Waals surface area (Å²) in [4.78, 5) is 2.95. The van der Waals surface area contributed by atoms with E-state index in [1.54, 1.807) is 7.11 Å². The van der Waals surface area contributed by atoms with Crippen molar-refractivity contribution in [1.29, 1.82) is 0 Å². The zero-order valence-corrected chi connectivity index (χ0v) is 9.92. The molecule has 0 saturated carbocycles. The number of methoxy groups -OCH3 is 1. The van der Waals surface area contributed by atoms with Crippen LogP contribution in [-0.2, 0) is 27.2 Å². The molecule has 1 aromatic rings. The summed E-state index contributed by atoms with van der Waals surface area (Å²) in [6, 6.07) is 7.70. The molecular weight excluding hydrogens is 210 g/mol. The first-order chi connectivity index (χ1) is 7.26. The molecule has 0 N–H and O–H groups in total. The molecule has 0 bridgehead atoms. The summed E-state index contributed by atoms with van der Waals surface area (Å²) in [6.45, 7) is 2.53. The van der Waals surface area contributed by atoms with Crippen molar-refractivity contribution >= 4 is 11.7 Å². The van der Waals surface area contributed by atoms with E-state index in [1.165, 1.54) is 5.56 Å². The third-order valence-electron chi connectivity index (χ3n) is 2.15. The Labute approximate surface area is 94.5 Å². The van der Waals surface area contributed by atoms with Gasteiger partial charge in [-0.1, -0.05) is 12.1 Å². The fourth-order valence-electron chi connectivity index (χ4n) is 1.29. The van der Waals surface area contributed by atoms with E-state index in [0.29, 0.717) is 11.7 Å². The third kappa shape index (κ3) is 4.46. The van der Waals surface area contributed by atoms with Gasteiger partial charge in [0.25, 0.3) is 4.90 Å². The predicted octanol–water partition coefficient (Wildman–Crippen LogP) is 1.55. The lowest BCUT2D eigenvalue weighted by Crippen LogP contribution is -2.22. The largest absolute Gasteiger partial charge is 0.505 e. The van der Waals surface area contributed by atoms with Crippen LogP contribution in [0.4, 0.5) is 0 Å². The normalized spacial score (nSPS) is 10.6. The Kier molecular flexibility index (Phi) is 5.39. The molecule has 0 heterocycles. The molecule has 15 heavy (non-hydrogen) atoms. The van der Waals surface area contributed by atoms with E-state index in [9.17, 15) is 4.21 Å². The highest BCUT2D eigenvalue weighted by Crippen LogP contribution is 2.06. The minimum absolute atomic E-state index is 0.527. The van der Waals surface area contributed by atoms with E-state index in [-0.39, 0.29) is 0 Å². The number of hydrogen-bond donors (Lipinski definition) is 0. The van der Waals surface area contributed by atoms with Gasteiger partial charge in [-0.05, 0) is 12.6 Å². The Morgan fingerprint density at radius 1 is 1.33 bits per heavy atom. The maximum Gasteiger partial charge on any atom is 0.505 e. The van der Waals surface area contributed by atoms with E-state index >= 15 is 0 Å². The van der Waals surface area contributed by atoms with Crippen molar-refractivity contribution < 1.29 is 8.95 Å². The van der Waals surface area contributed by atoms with Crippen LogP contribution in [0.25, 0.3) is 0 Å². The van der Waals surface area contributed by atoms with Crippen molar-refractivity contribution in [3.05, 3.63) is 29.8 Å². The summed E-state index contributed by atoms with van der Waals surface area (Å²) >= 11 is 0.527. The predicted molar refractivity (Wildman–Crippen MR) is 61.0 cm³/mol. The van der Waals surface area contributed by atoms with Crippen LogP contribution in [-0.4, -0.2) is 32.2 Å². The van der Waals surface area contributed by atoms with E-state index in [2.05, 4.69) is 11.9 Å². The lowest BCUT2D eigenvalue weighted by atomic mass is 10.2. The topological polar surface area (TPSA) is 29.5 Å². The van der Waals surface area contributed by atoms with Gasteiger partial charge in [0, 0.05) is 36.5 Å². The highest BCUT2D eigenvalue weighted by Gasteiger charge is 2.05. The molecule has 0 spiro atoms. The molecule has 82 valence electrons. The van der Waals surface area contributed by atoms with E-state index in [1.807, 2.05) is 24.3 Å². The van der Waals surface area contributed by atoms with Crippen molar-refractivity contribution in [3.63, 3.8) is 0 Å². The lowest BCUT2D eigenvalue weighted by molar-refractivity contribution is 0.158. The van der Waals surface area contributed by atoms with Crippen LogP contribution in [0, 0.1) is 0 Å². The first-order valence-corrected chi connectivity index (χ1v) is 5.56. The fraction of sp³-hybridized carbons (Fsp3) is 0.455. The van der Waals surface area contributed by atoms with Gasteiger partial charge in [-0.15, -0.1) is 0 Å². The second-order valence-corrected chi connectivity index (χ2v) is 4.10. The highest BCUT2D eigenvalue weighted by atomic mass is 32.1. The first kappa shape index (κ1) is 12.2. The Morgan fingerprint density at radius 2 is 2.00 bits per heavy atom. The van der Waals surface area contributed by atoms with Crippen LogP contribution in [0.2, 0.25) is 0 Å². The molecule has 0 atom stereocenters. The summed E-state index contributed by atoms with van der Waals surface area (Å²) in [5.41, 5.74) is 1.21. The first-order valence-electron chi connectivity index (χ1n) is 4.82. The van der Waals surface area contributed by atoms with E-state index in [4.69, 9.17) is 4.74 Å². The molecule has 0 saturated heterocycles. The molecule has 0 aliphatic heterocycles. The van der Waals surface area contributed by atoms with Crippen LogP contribution in [0.15, 0.2) is 29.2 Å². The number of nitrogens with zero attached hydrogens (tertiary/aromatic N) is 1. The van der Waals surface area contributed by atoms with Gasteiger partial charge in [-0.25, -0.2) is 0 Å². The number of benzene rings is 1. The Morgan fingerprint density at radius 3 is 2.53 bits per heavy atom. The van der Waals surface area contributed by atoms with Gasteiger partial charge in [0.2, 0.25) is 0 Å². The monoisotopic (exact) mass is 226 g/mol. The van der Waals surface area contributed by atoms with Crippen molar-refractivity contribution in [1.82, 2.24) is 4.90 Å². The molecular formula is C11H16NO2S+. The van der Waals surface area contributed by atoms with Crippen LogP contribution in [0.5, 0.6) is 0 Å². The summed E-state index contributed by atoms with van der Waals surface area (Å²) in [5, 5.41) is 0. The molecule has 0 fully saturated rings. The summed E-state index contributed by atoms with van der Waals surface area (Å²) in [7, 11) is 3.75. The second kappa shape index (κ2) is 6.61. The zero-order valence-electron chi connectivity index (χ0n) is 9.10. The fourth-order valence-corrected chi connectivity index (χ4v) is 1.54. The number of hydrogen-bond acceptors (Lipinski definition) is 3. The smallest absolute Gasteiger partial charge is 0.383 e. The quantitative estimate of drug-likeness (QED) is 0.689. The maximum atomic E-state index is 10.5. The van der Waals surface area contributed by atoms with Crippen LogP contribution in [0.1, 0.15) is 5.56 Å². The minimum Gasteiger partial charge on any atom is -0.383 e. The number of ether oxygens (including phenoxy) is 1. The molecule has 0 unspecified atom stereocenters. The Bertz CT molecular complexity index is 300. The van der Waals surface area contributed by atoms with Gasteiger partial charge in [-0.3, -0.25) is 4.90 Å². The molecule has 3 nitrogen and oxygen atoms in total. The molecule has 0 aliphatic rings. The SMILES string of the molecule is COCCN(C)Cc1ccc([S+]=O)cc1. The van der Waals surface area contributed by atoms with Gasteiger partial charge in [0.05, 0.1) is 6.61 Å². The zero-order chi connectivity index (χ0) is 11.1. The third-order valence-corrected chi connectivity index (χ3v) is 2.61. The molecule has 4 heteroatoms. The molecule has 1 rings (SSSR count). The van der Waals surface area contributed by atoms with Crippen molar-refractivity contribution in [2.45, 2.75) is 11.4 Å². The maximum absolute atomic E-state index is 10.5. The Balaban J connectivity index is 2.45. The molecule has 0 aliphatic carbocycles. The summed E-state index contributed by atoms with van der Waals surface area (Å²) in [6.07, 6.45) is 0. The number of rotatable bonds is 6. The van der Waals surface area contributed by atoms with E-state index in [0.717, 1.165) is 24.6 Å². The van der Waals surface area contributed by atoms with Gasteiger partial charge in [-0.2, -0.15) is 0 Å². The Hall–Kier alpha value is -0.840. The second-order valence-electron chi connectivity index (χ2n) is 3.46.